The Kier molecular flexibility index (Phi) is 4.65. The van der Waals surface area contributed by atoms with Gasteiger partial charge in [0.15, 0.2) is 5.17 Å². The first-order chi connectivity index (χ1) is 10.6. The molecular formula is C13H11N3O3S3. The zero-order valence-electron chi connectivity index (χ0n) is 11.3. The Morgan fingerprint density at radius 2 is 2.32 bits per heavy atom. The van der Waals surface area contributed by atoms with Gasteiger partial charge in [-0.25, -0.2) is 0 Å². The van der Waals surface area contributed by atoms with E-state index in [0.29, 0.717) is 16.6 Å². The molecule has 9 heteroatoms. The fourth-order valence-electron chi connectivity index (χ4n) is 1.85. The van der Waals surface area contributed by atoms with E-state index in [4.69, 9.17) is 0 Å². The van der Waals surface area contributed by atoms with Crippen LogP contribution in [0.3, 0.4) is 0 Å². The summed E-state index contributed by atoms with van der Waals surface area (Å²) in [6.45, 7) is 0.386. The molecule has 0 aromatic carbocycles. The van der Waals surface area contributed by atoms with Gasteiger partial charge in [-0.1, -0.05) is 17.8 Å². The predicted octanol–water partition coefficient (Wildman–Crippen LogP) is 2.00. The minimum Gasteiger partial charge on any atom is -0.304 e. The minimum atomic E-state index is -0.431. The number of aliphatic imine (C=N–C) groups is 1. The third-order valence-corrected chi connectivity index (χ3v) is 5.44. The van der Waals surface area contributed by atoms with Crippen molar-refractivity contribution in [2.75, 3.05) is 18.8 Å². The molecule has 3 heterocycles. The molecule has 0 atom stereocenters. The van der Waals surface area contributed by atoms with Gasteiger partial charge in [0.1, 0.15) is 6.54 Å². The molecule has 1 N–H and O–H groups in total. The van der Waals surface area contributed by atoms with Crippen LogP contribution in [0.25, 0.3) is 6.08 Å². The number of imide groups is 1. The molecule has 0 saturated carbocycles. The number of hydrogen-bond acceptors (Lipinski definition) is 7. The number of carbonyl (C=O) groups excluding carboxylic acids is 3. The maximum absolute atomic E-state index is 12.2. The Hall–Kier alpha value is -1.58. The number of thioether (sulfide) groups is 2. The van der Waals surface area contributed by atoms with E-state index in [2.05, 4.69) is 10.3 Å². The molecule has 1 fully saturated rings. The molecule has 0 unspecified atom stereocenters. The smallest absolute Gasteiger partial charge is 0.294 e. The topological polar surface area (TPSA) is 78.8 Å². The van der Waals surface area contributed by atoms with Crippen molar-refractivity contribution in [3.63, 3.8) is 0 Å². The molecule has 1 aromatic heterocycles. The molecule has 1 aromatic rings. The van der Waals surface area contributed by atoms with Crippen molar-refractivity contribution in [2.24, 2.45) is 4.99 Å². The van der Waals surface area contributed by atoms with Crippen molar-refractivity contribution < 1.29 is 14.4 Å². The number of nitrogens with zero attached hydrogens (tertiary/aromatic N) is 2. The highest BCUT2D eigenvalue weighted by Gasteiger charge is 2.36. The lowest BCUT2D eigenvalue weighted by molar-refractivity contribution is -0.128. The number of carbonyl (C=O) groups is 3. The third-order valence-electron chi connectivity index (χ3n) is 2.82. The van der Waals surface area contributed by atoms with Gasteiger partial charge in [-0.3, -0.25) is 24.3 Å². The monoisotopic (exact) mass is 353 g/mol. The fraction of sp³-hybridized carbons (Fsp3) is 0.231. The Morgan fingerprint density at radius 1 is 1.45 bits per heavy atom. The normalized spacial score (nSPS) is 19.9. The van der Waals surface area contributed by atoms with Crippen molar-refractivity contribution >= 4 is 63.2 Å². The van der Waals surface area contributed by atoms with E-state index in [-0.39, 0.29) is 6.54 Å². The number of nitrogens with one attached hydrogen (secondary N) is 1. The van der Waals surface area contributed by atoms with Gasteiger partial charge in [0, 0.05) is 10.6 Å². The van der Waals surface area contributed by atoms with E-state index < -0.39 is 17.1 Å². The molecule has 22 heavy (non-hydrogen) atoms. The number of amidine groups is 1. The van der Waals surface area contributed by atoms with Gasteiger partial charge in [0.2, 0.25) is 5.91 Å². The highest BCUT2D eigenvalue weighted by Crippen LogP contribution is 2.32. The molecule has 1 saturated heterocycles. The molecule has 2 aliphatic heterocycles. The van der Waals surface area contributed by atoms with Gasteiger partial charge in [0.05, 0.1) is 11.4 Å². The second-order valence-electron chi connectivity index (χ2n) is 4.37. The van der Waals surface area contributed by atoms with Crippen LogP contribution in [0.15, 0.2) is 27.4 Å². The predicted molar refractivity (Wildman–Crippen MR) is 89.9 cm³/mol. The first-order valence-corrected chi connectivity index (χ1v) is 9.07. The largest absolute Gasteiger partial charge is 0.304 e. The molecule has 0 spiro atoms. The Balaban J connectivity index is 1.65. The van der Waals surface area contributed by atoms with Crippen LogP contribution in [-0.4, -0.2) is 46.0 Å². The molecule has 0 aliphatic carbocycles. The van der Waals surface area contributed by atoms with Gasteiger partial charge >= 0.3 is 0 Å². The van der Waals surface area contributed by atoms with E-state index >= 15 is 0 Å². The summed E-state index contributed by atoms with van der Waals surface area (Å²) < 4.78 is 0. The summed E-state index contributed by atoms with van der Waals surface area (Å²) in [4.78, 5) is 42.3. The van der Waals surface area contributed by atoms with Crippen molar-refractivity contribution in [3.05, 3.63) is 27.3 Å². The molecular weight excluding hydrogens is 342 g/mol. The van der Waals surface area contributed by atoms with Crippen molar-refractivity contribution in [1.82, 2.24) is 10.2 Å². The average molecular weight is 353 g/mol. The van der Waals surface area contributed by atoms with E-state index in [1.807, 2.05) is 17.5 Å². The lowest BCUT2D eigenvalue weighted by Gasteiger charge is -2.11. The minimum absolute atomic E-state index is 0.286. The van der Waals surface area contributed by atoms with Crippen LogP contribution in [-0.2, 0) is 9.59 Å². The van der Waals surface area contributed by atoms with Crippen molar-refractivity contribution in [3.8, 4) is 0 Å². The molecule has 0 bridgehead atoms. The van der Waals surface area contributed by atoms with Crippen LogP contribution in [0.5, 0.6) is 0 Å². The standard InChI is InChI=1S/C13H11N3O3S3/c17-10(15-12-14-3-5-21-12)7-16-11(18)9(22-13(16)19)6-8-2-1-4-20-8/h1-2,4,6H,3,5,7H2,(H,14,15,17). The van der Waals surface area contributed by atoms with Crippen LogP contribution in [0.4, 0.5) is 4.79 Å². The SMILES string of the molecule is O=C(CN1C(=O)SC(=Cc2cccs2)C1=O)NC1=NCCS1. The Bertz CT molecular complexity index is 682. The summed E-state index contributed by atoms with van der Waals surface area (Å²) in [5.41, 5.74) is 0. The van der Waals surface area contributed by atoms with Crippen LogP contribution < -0.4 is 5.32 Å². The van der Waals surface area contributed by atoms with Gasteiger partial charge in [-0.2, -0.15) is 0 Å². The van der Waals surface area contributed by atoms with Gasteiger partial charge in [0.25, 0.3) is 11.1 Å². The Labute approximate surface area is 139 Å². The number of hydrogen-bond donors (Lipinski definition) is 1. The Morgan fingerprint density at radius 3 is 3.00 bits per heavy atom. The average Bonchev–Trinajstić information content (AvgIpc) is 3.20. The van der Waals surface area contributed by atoms with E-state index in [9.17, 15) is 14.4 Å². The summed E-state index contributed by atoms with van der Waals surface area (Å²) in [7, 11) is 0. The molecule has 3 amide bonds. The van der Waals surface area contributed by atoms with Crippen LogP contribution in [0, 0.1) is 0 Å². The summed E-state index contributed by atoms with van der Waals surface area (Å²) in [5, 5.41) is 4.62. The van der Waals surface area contributed by atoms with Gasteiger partial charge in [-0.05, 0) is 29.3 Å². The third kappa shape index (κ3) is 3.42. The molecule has 3 rings (SSSR count). The van der Waals surface area contributed by atoms with E-state index in [1.54, 1.807) is 6.08 Å². The second-order valence-corrected chi connectivity index (χ2v) is 7.42. The lowest BCUT2D eigenvalue weighted by Crippen LogP contribution is -2.40. The maximum Gasteiger partial charge on any atom is 0.294 e. The second kappa shape index (κ2) is 6.67. The van der Waals surface area contributed by atoms with E-state index in [0.717, 1.165) is 27.3 Å². The molecule has 0 radical (unpaired) electrons. The molecule has 6 nitrogen and oxygen atoms in total. The van der Waals surface area contributed by atoms with Gasteiger partial charge in [-0.15, -0.1) is 11.3 Å². The maximum atomic E-state index is 12.2. The number of thiophene rings is 1. The van der Waals surface area contributed by atoms with Crippen molar-refractivity contribution in [2.45, 2.75) is 0 Å². The van der Waals surface area contributed by atoms with Gasteiger partial charge < -0.3 is 5.32 Å². The molecule has 2 aliphatic rings. The van der Waals surface area contributed by atoms with Crippen molar-refractivity contribution in [1.29, 1.82) is 0 Å². The summed E-state index contributed by atoms with van der Waals surface area (Å²) in [5.74, 6) is -0.00631. The van der Waals surface area contributed by atoms with Crippen LogP contribution in [0.1, 0.15) is 4.88 Å². The van der Waals surface area contributed by atoms with Crippen LogP contribution >= 0.6 is 34.9 Å². The number of amides is 3. The molecule has 114 valence electrons. The number of rotatable bonds is 3. The zero-order chi connectivity index (χ0) is 15.5. The van der Waals surface area contributed by atoms with E-state index in [1.165, 1.54) is 23.1 Å². The summed E-state index contributed by atoms with van der Waals surface area (Å²) >= 11 is 3.78. The first kappa shape index (κ1) is 15.3. The lowest BCUT2D eigenvalue weighted by atomic mass is 10.3. The first-order valence-electron chi connectivity index (χ1n) is 6.39. The highest BCUT2D eigenvalue weighted by atomic mass is 32.2. The quantitative estimate of drug-likeness (QED) is 0.841. The zero-order valence-corrected chi connectivity index (χ0v) is 13.7. The summed E-state index contributed by atoms with van der Waals surface area (Å²) in [6.07, 6.45) is 1.67. The summed E-state index contributed by atoms with van der Waals surface area (Å²) in [6, 6.07) is 3.73. The fourth-order valence-corrected chi connectivity index (χ4v) is 4.16. The van der Waals surface area contributed by atoms with Crippen LogP contribution in [0.2, 0.25) is 0 Å². The highest BCUT2D eigenvalue weighted by molar-refractivity contribution is 8.18.